The molecule has 0 saturated heterocycles. The molecule has 100 valence electrons. The second-order valence-corrected chi connectivity index (χ2v) is 5.33. The number of aryl methyl sites for hydroxylation is 1. The first kappa shape index (κ1) is 14.0. The Morgan fingerprint density at radius 1 is 1.32 bits per heavy atom. The summed E-state index contributed by atoms with van der Waals surface area (Å²) in [5.41, 5.74) is 8.58. The predicted molar refractivity (Wildman–Crippen MR) is 78.4 cm³/mol. The van der Waals surface area contributed by atoms with E-state index >= 15 is 0 Å². The average molecular weight is 324 g/mol. The van der Waals surface area contributed by atoms with Gasteiger partial charge in [-0.15, -0.1) is 0 Å². The molecule has 1 unspecified atom stereocenters. The lowest BCUT2D eigenvalue weighted by Crippen LogP contribution is -2.20. The number of nitrogen functional groups attached to an aromatic ring is 1. The zero-order chi connectivity index (χ0) is 14.0. The molecule has 1 aromatic heterocycles. The van der Waals surface area contributed by atoms with E-state index < -0.39 is 0 Å². The van der Waals surface area contributed by atoms with Crippen molar-refractivity contribution >= 4 is 21.7 Å². The Morgan fingerprint density at radius 2 is 2.05 bits per heavy atom. The molecule has 3 N–H and O–H groups in total. The third-order valence-electron chi connectivity index (χ3n) is 2.90. The number of halogens is 2. The Bertz CT molecular complexity index is 581. The maximum atomic E-state index is 13.5. The van der Waals surface area contributed by atoms with E-state index in [0.29, 0.717) is 10.3 Å². The fourth-order valence-corrected chi connectivity index (χ4v) is 2.56. The topological polar surface area (TPSA) is 50.9 Å². The van der Waals surface area contributed by atoms with Gasteiger partial charge in [0.15, 0.2) is 0 Å². The summed E-state index contributed by atoms with van der Waals surface area (Å²) >= 11 is 3.30. The first-order chi connectivity index (χ1) is 9.01. The zero-order valence-electron chi connectivity index (χ0n) is 10.7. The maximum absolute atomic E-state index is 13.5. The Labute approximate surface area is 120 Å². The van der Waals surface area contributed by atoms with Gasteiger partial charge < -0.3 is 11.1 Å². The molecule has 2 rings (SSSR count). The van der Waals surface area contributed by atoms with Crippen molar-refractivity contribution in [3.63, 3.8) is 0 Å². The second-order valence-electron chi connectivity index (χ2n) is 4.41. The Kier molecular flexibility index (Phi) is 4.17. The molecule has 0 aliphatic heterocycles. The third kappa shape index (κ3) is 3.11. The van der Waals surface area contributed by atoms with Gasteiger partial charge >= 0.3 is 0 Å². The van der Waals surface area contributed by atoms with Crippen LogP contribution in [-0.2, 0) is 0 Å². The van der Waals surface area contributed by atoms with Gasteiger partial charge in [0.1, 0.15) is 11.6 Å². The fourth-order valence-electron chi connectivity index (χ4n) is 2.08. The lowest BCUT2D eigenvalue weighted by Gasteiger charge is -2.19. The van der Waals surface area contributed by atoms with Crippen LogP contribution in [0.3, 0.4) is 0 Å². The number of aromatic nitrogens is 1. The molecule has 0 radical (unpaired) electrons. The van der Waals surface area contributed by atoms with Crippen LogP contribution in [0.2, 0.25) is 0 Å². The van der Waals surface area contributed by atoms with Gasteiger partial charge in [-0.05, 0) is 49.4 Å². The quantitative estimate of drug-likeness (QED) is 0.912. The van der Waals surface area contributed by atoms with Crippen LogP contribution in [-0.4, -0.2) is 12.0 Å². The van der Waals surface area contributed by atoms with Crippen LogP contribution >= 0.6 is 15.9 Å². The van der Waals surface area contributed by atoms with Crippen LogP contribution in [0.1, 0.15) is 22.7 Å². The van der Waals surface area contributed by atoms with Crippen LogP contribution in [0.25, 0.3) is 0 Å². The molecule has 0 aliphatic rings. The van der Waals surface area contributed by atoms with Crippen molar-refractivity contribution in [2.24, 2.45) is 0 Å². The normalized spacial score (nSPS) is 12.4. The molecule has 0 spiro atoms. The van der Waals surface area contributed by atoms with Crippen molar-refractivity contribution in [1.29, 1.82) is 0 Å². The molecule has 1 heterocycles. The van der Waals surface area contributed by atoms with Gasteiger partial charge in [0.05, 0.1) is 6.04 Å². The molecule has 5 heteroatoms. The molecule has 0 fully saturated rings. The highest BCUT2D eigenvalue weighted by molar-refractivity contribution is 9.10. The lowest BCUT2D eigenvalue weighted by atomic mass is 9.98. The molecule has 1 aromatic carbocycles. The van der Waals surface area contributed by atoms with E-state index in [1.807, 2.05) is 26.1 Å². The van der Waals surface area contributed by atoms with Crippen LogP contribution < -0.4 is 11.1 Å². The van der Waals surface area contributed by atoms with Crippen molar-refractivity contribution < 1.29 is 4.39 Å². The van der Waals surface area contributed by atoms with Gasteiger partial charge in [-0.2, -0.15) is 0 Å². The zero-order valence-corrected chi connectivity index (χ0v) is 12.3. The summed E-state index contributed by atoms with van der Waals surface area (Å²) in [4.78, 5) is 4.15. The SMILES string of the molecule is CNC(c1cc(F)cc(Br)c1)c1cc(C)cnc1N. The highest BCUT2D eigenvalue weighted by atomic mass is 79.9. The number of hydrogen-bond donors (Lipinski definition) is 2. The molecule has 2 aromatic rings. The van der Waals surface area contributed by atoms with E-state index in [2.05, 4.69) is 26.2 Å². The maximum Gasteiger partial charge on any atom is 0.128 e. The van der Waals surface area contributed by atoms with Gasteiger partial charge in [-0.3, -0.25) is 0 Å². The van der Waals surface area contributed by atoms with Gasteiger partial charge in [0.25, 0.3) is 0 Å². The van der Waals surface area contributed by atoms with Crippen molar-refractivity contribution in [2.75, 3.05) is 12.8 Å². The number of hydrogen-bond acceptors (Lipinski definition) is 3. The van der Waals surface area contributed by atoms with E-state index in [9.17, 15) is 4.39 Å². The number of nitrogens with zero attached hydrogens (tertiary/aromatic N) is 1. The number of nitrogens with two attached hydrogens (primary N) is 1. The number of pyridine rings is 1. The summed E-state index contributed by atoms with van der Waals surface area (Å²) < 4.78 is 14.2. The molecule has 3 nitrogen and oxygen atoms in total. The lowest BCUT2D eigenvalue weighted by molar-refractivity contribution is 0.615. The largest absolute Gasteiger partial charge is 0.383 e. The predicted octanol–water partition coefficient (Wildman–Crippen LogP) is 3.18. The third-order valence-corrected chi connectivity index (χ3v) is 3.36. The minimum atomic E-state index is -0.288. The molecule has 0 amide bonds. The summed E-state index contributed by atoms with van der Waals surface area (Å²) in [7, 11) is 1.81. The van der Waals surface area contributed by atoms with Gasteiger partial charge in [-0.25, -0.2) is 9.37 Å². The van der Waals surface area contributed by atoms with E-state index in [0.717, 1.165) is 16.7 Å². The van der Waals surface area contributed by atoms with Crippen LogP contribution in [0.5, 0.6) is 0 Å². The molecule has 0 bridgehead atoms. The molecule has 0 saturated carbocycles. The van der Waals surface area contributed by atoms with E-state index in [4.69, 9.17) is 5.73 Å². The van der Waals surface area contributed by atoms with Gasteiger partial charge in [0, 0.05) is 16.2 Å². The first-order valence-electron chi connectivity index (χ1n) is 5.86. The Hall–Kier alpha value is -1.46. The Morgan fingerprint density at radius 3 is 2.68 bits per heavy atom. The fraction of sp³-hybridized carbons (Fsp3) is 0.214. The first-order valence-corrected chi connectivity index (χ1v) is 6.66. The van der Waals surface area contributed by atoms with Crippen molar-refractivity contribution in [1.82, 2.24) is 10.3 Å². The summed E-state index contributed by atoms with van der Waals surface area (Å²) in [5.74, 6) is 0.161. The number of rotatable bonds is 3. The van der Waals surface area contributed by atoms with Crippen LogP contribution in [0, 0.1) is 12.7 Å². The highest BCUT2D eigenvalue weighted by Gasteiger charge is 2.17. The minimum Gasteiger partial charge on any atom is -0.383 e. The number of benzene rings is 1. The molecule has 19 heavy (non-hydrogen) atoms. The van der Waals surface area contributed by atoms with Crippen molar-refractivity contribution in [3.05, 3.63) is 57.4 Å². The number of nitrogens with one attached hydrogen (secondary N) is 1. The average Bonchev–Trinajstić information content (AvgIpc) is 2.33. The molecular weight excluding hydrogens is 309 g/mol. The highest BCUT2D eigenvalue weighted by Crippen LogP contribution is 2.28. The standard InChI is InChI=1S/C14H15BrFN3/c1-8-3-12(14(17)19-7-8)13(18-2)9-4-10(15)6-11(16)5-9/h3-7,13,18H,1-2H3,(H2,17,19). The summed E-state index contributed by atoms with van der Waals surface area (Å²) in [6.45, 7) is 1.95. The van der Waals surface area contributed by atoms with E-state index in [1.54, 1.807) is 6.20 Å². The smallest absolute Gasteiger partial charge is 0.128 e. The van der Waals surface area contributed by atoms with Crippen molar-refractivity contribution in [3.8, 4) is 0 Å². The van der Waals surface area contributed by atoms with Gasteiger partial charge in [-0.1, -0.05) is 15.9 Å². The summed E-state index contributed by atoms with van der Waals surface area (Å²) in [6.07, 6.45) is 1.72. The van der Waals surface area contributed by atoms with Crippen LogP contribution in [0.4, 0.5) is 10.2 Å². The van der Waals surface area contributed by atoms with E-state index in [1.165, 1.54) is 12.1 Å². The summed E-state index contributed by atoms with van der Waals surface area (Å²) in [5, 5.41) is 3.15. The van der Waals surface area contributed by atoms with E-state index in [-0.39, 0.29) is 11.9 Å². The summed E-state index contributed by atoms with van der Waals surface area (Å²) in [6, 6.07) is 6.55. The molecule has 0 aliphatic carbocycles. The van der Waals surface area contributed by atoms with Crippen molar-refractivity contribution in [2.45, 2.75) is 13.0 Å². The van der Waals surface area contributed by atoms with Gasteiger partial charge in [0.2, 0.25) is 0 Å². The molecular formula is C14H15BrFN3. The Balaban J connectivity index is 2.52. The monoisotopic (exact) mass is 323 g/mol. The molecule has 1 atom stereocenters. The minimum absolute atomic E-state index is 0.195. The second kappa shape index (κ2) is 5.67. The number of anilines is 1. The van der Waals surface area contributed by atoms with Crippen LogP contribution in [0.15, 0.2) is 34.9 Å².